The van der Waals surface area contributed by atoms with Crippen LogP contribution in [0.3, 0.4) is 0 Å². The molecule has 1 aromatic rings. The molecule has 1 N–H and O–H groups in total. The minimum Gasteiger partial charge on any atom is -0.481 e. The Labute approximate surface area is 112 Å². The van der Waals surface area contributed by atoms with Crippen molar-refractivity contribution in [2.24, 2.45) is 18.9 Å². The van der Waals surface area contributed by atoms with Crippen LogP contribution in [0, 0.1) is 11.8 Å². The number of carbonyl (C=O) groups excluding carboxylic acids is 1. The Morgan fingerprint density at radius 2 is 2.26 bits per heavy atom. The van der Waals surface area contributed by atoms with Crippen molar-refractivity contribution in [3.63, 3.8) is 0 Å². The first-order valence-electron chi connectivity index (χ1n) is 6.41. The van der Waals surface area contributed by atoms with Crippen LogP contribution in [0.4, 0.5) is 0 Å². The minimum atomic E-state index is -0.923. The molecule has 1 aliphatic heterocycles. The number of aryl methyl sites for hydroxylation is 1. The number of carboxylic acids is 1. The number of likely N-dealkylation sites (tertiary alicyclic amines) is 1. The molecule has 2 unspecified atom stereocenters. The Kier molecular flexibility index (Phi) is 3.59. The normalized spacial score (nSPS) is 23.4. The monoisotopic (exact) mass is 265 g/mol. The van der Waals surface area contributed by atoms with Crippen molar-refractivity contribution >= 4 is 11.9 Å². The molecule has 0 saturated carbocycles. The molecule has 2 rings (SSSR count). The highest BCUT2D eigenvalue weighted by atomic mass is 16.4. The molecular formula is C13H19N3O3. The number of aromatic nitrogens is 2. The van der Waals surface area contributed by atoms with E-state index in [1.54, 1.807) is 29.0 Å². The molecule has 1 fully saturated rings. The molecule has 2 atom stereocenters. The Morgan fingerprint density at radius 1 is 1.58 bits per heavy atom. The summed E-state index contributed by atoms with van der Waals surface area (Å²) in [5, 5.41) is 13.4. The molecule has 1 aliphatic rings. The molecule has 2 heterocycles. The molecule has 19 heavy (non-hydrogen) atoms. The van der Waals surface area contributed by atoms with Gasteiger partial charge in [0.2, 0.25) is 5.91 Å². The second-order valence-corrected chi connectivity index (χ2v) is 5.48. The van der Waals surface area contributed by atoms with Crippen molar-refractivity contribution in [2.75, 3.05) is 6.54 Å². The highest BCUT2D eigenvalue weighted by molar-refractivity contribution is 5.87. The third-order valence-electron chi connectivity index (χ3n) is 3.38. The number of rotatable bonds is 4. The van der Waals surface area contributed by atoms with E-state index < -0.39 is 17.9 Å². The van der Waals surface area contributed by atoms with Crippen LogP contribution in [-0.4, -0.2) is 38.2 Å². The fourth-order valence-electron chi connectivity index (χ4n) is 2.63. The van der Waals surface area contributed by atoms with E-state index in [0.29, 0.717) is 12.5 Å². The van der Waals surface area contributed by atoms with Crippen LogP contribution in [0.5, 0.6) is 0 Å². The van der Waals surface area contributed by atoms with E-state index in [1.165, 1.54) is 0 Å². The number of hydrogen-bond donors (Lipinski definition) is 1. The third kappa shape index (κ3) is 2.62. The van der Waals surface area contributed by atoms with E-state index in [9.17, 15) is 14.7 Å². The summed E-state index contributed by atoms with van der Waals surface area (Å²) in [4.78, 5) is 25.1. The van der Waals surface area contributed by atoms with Crippen LogP contribution in [-0.2, 0) is 16.6 Å². The van der Waals surface area contributed by atoms with Gasteiger partial charge in [-0.1, -0.05) is 13.8 Å². The van der Waals surface area contributed by atoms with Crippen LogP contribution in [0.1, 0.15) is 31.9 Å². The Hall–Kier alpha value is -1.85. The maximum absolute atomic E-state index is 12.1. The van der Waals surface area contributed by atoms with E-state index in [2.05, 4.69) is 5.10 Å². The van der Waals surface area contributed by atoms with Crippen molar-refractivity contribution in [3.8, 4) is 0 Å². The van der Waals surface area contributed by atoms with Gasteiger partial charge in [-0.05, 0) is 5.92 Å². The largest absolute Gasteiger partial charge is 0.481 e. The second-order valence-electron chi connectivity index (χ2n) is 5.48. The molecule has 1 amide bonds. The van der Waals surface area contributed by atoms with Gasteiger partial charge in [-0.15, -0.1) is 0 Å². The molecule has 6 heteroatoms. The third-order valence-corrected chi connectivity index (χ3v) is 3.38. The zero-order chi connectivity index (χ0) is 14.2. The van der Waals surface area contributed by atoms with Gasteiger partial charge in [-0.25, -0.2) is 0 Å². The average Bonchev–Trinajstić information content (AvgIpc) is 2.84. The van der Waals surface area contributed by atoms with Gasteiger partial charge in [-0.2, -0.15) is 5.10 Å². The lowest BCUT2D eigenvalue weighted by molar-refractivity contribution is -0.142. The van der Waals surface area contributed by atoms with Gasteiger partial charge >= 0.3 is 5.97 Å². The van der Waals surface area contributed by atoms with Crippen LogP contribution in [0.2, 0.25) is 0 Å². The molecule has 0 spiro atoms. The number of carboxylic acid groups (broad SMARTS) is 1. The predicted octanol–water partition coefficient (Wildman–Crippen LogP) is 1.05. The number of amides is 1. The zero-order valence-electron chi connectivity index (χ0n) is 11.4. The first-order valence-corrected chi connectivity index (χ1v) is 6.41. The number of aliphatic carboxylic acids is 1. The number of hydrogen-bond acceptors (Lipinski definition) is 3. The molecule has 0 bridgehead atoms. The second kappa shape index (κ2) is 5.03. The summed E-state index contributed by atoms with van der Waals surface area (Å²) >= 11 is 0. The van der Waals surface area contributed by atoms with Crippen molar-refractivity contribution in [1.29, 1.82) is 0 Å². The van der Waals surface area contributed by atoms with Gasteiger partial charge < -0.3 is 10.0 Å². The molecule has 1 aromatic heterocycles. The molecule has 104 valence electrons. The van der Waals surface area contributed by atoms with Crippen molar-refractivity contribution in [2.45, 2.75) is 26.3 Å². The summed E-state index contributed by atoms with van der Waals surface area (Å²) in [6.07, 6.45) is 3.50. The molecule has 0 radical (unpaired) electrons. The number of nitrogens with zero attached hydrogens (tertiary/aromatic N) is 3. The number of carbonyl (C=O) groups is 2. The van der Waals surface area contributed by atoms with E-state index in [4.69, 9.17) is 0 Å². The molecule has 6 nitrogen and oxygen atoms in total. The van der Waals surface area contributed by atoms with Gasteiger partial charge in [-0.3, -0.25) is 14.3 Å². The van der Waals surface area contributed by atoms with Crippen LogP contribution < -0.4 is 0 Å². The Bertz CT molecular complexity index is 495. The van der Waals surface area contributed by atoms with Crippen molar-refractivity contribution in [3.05, 3.63) is 18.0 Å². The summed E-state index contributed by atoms with van der Waals surface area (Å²) in [6, 6.07) is -0.402. The van der Waals surface area contributed by atoms with Crippen molar-refractivity contribution < 1.29 is 14.7 Å². The maximum Gasteiger partial charge on any atom is 0.309 e. The lowest BCUT2D eigenvalue weighted by Crippen LogP contribution is -2.33. The molecule has 0 aliphatic carbocycles. The summed E-state index contributed by atoms with van der Waals surface area (Å²) < 4.78 is 1.63. The van der Waals surface area contributed by atoms with Gasteiger partial charge in [0.1, 0.15) is 0 Å². The fourth-order valence-corrected chi connectivity index (χ4v) is 2.63. The van der Waals surface area contributed by atoms with E-state index in [1.807, 2.05) is 13.8 Å². The first-order chi connectivity index (χ1) is 8.90. The smallest absolute Gasteiger partial charge is 0.309 e. The summed E-state index contributed by atoms with van der Waals surface area (Å²) in [5.41, 5.74) is 0.793. The quantitative estimate of drug-likeness (QED) is 0.883. The summed E-state index contributed by atoms with van der Waals surface area (Å²) in [7, 11) is 1.78. The van der Waals surface area contributed by atoms with E-state index in [0.717, 1.165) is 5.56 Å². The predicted molar refractivity (Wildman–Crippen MR) is 68.2 cm³/mol. The maximum atomic E-state index is 12.1. The van der Waals surface area contributed by atoms with Crippen LogP contribution >= 0.6 is 0 Å². The average molecular weight is 265 g/mol. The first kappa shape index (κ1) is 13.6. The standard InChI is InChI=1S/C13H19N3O3/c1-8(2)6-16-11(17)4-10(13(18)19)12(16)9-5-14-15(3)7-9/h5,7-8,10,12H,4,6H2,1-3H3,(H,18,19). The van der Waals surface area contributed by atoms with E-state index >= 15 is 0 Å². The molecule has 0 aromatic carbocycles. The van der Waals surface area contributed by atoms with Crippen molar-refractivity contribution in [1.82, 2.24) is 14.7 Å². The highest BCUT2D eigenvalue weighted by Crippen LogP contribution is 2.38. The van der Waals surface area contributed by atoms with Gasteiger partial charge in [0, 0.05) is 31.8 Å². The molecule has 1 saturated heterocycles. The van der Waals surface area contributed by atoms with Gasteiger partial charge in [0.05, 0.1) is 18.2 Å². The summed E-state index contributed by atoms with van der Waals surface area (Å²) in [6.45, 7) is 4.60. The zero-order valence-corrected chi connectivity index (χ0v) is 11.4. The lowest BCUT2D eigenvalue weighted by Gasteiger charge is -2.27. The van der Waals surface area contributed by atoms with E-state index in [-0.39, 0.29) is 12.3 Å². The van der Waals surface area contributed by atoms with Crippen LogP contribution in [0.25, 0.3) is 0 Å². The molecular weight excluding hydrogens is 246 g/mol. The fraction of sp³-hybridized carbons (Fsp3) is 0.615. The van der Waals surface area contributed by atoms with Crippen LogP contribution in [0.15, 0.2) is 12.4 Å². The highest BCUT2D eigenvalue weighted by Gasteiger charge is 2.45. The topological polar surface area (TPSA) is 75.4 Å². The van der Waals surface area contributed by atoms with Gasteiger partial charge in [0.15, 0.2) is 0 Å². The lowest BCUT2D eigenvalue weighted by atomic mass is 9.95. The Morgan fingerprint density at radius 3 is 2.74 bits per heavy atom. The SMILES string of the molecule is CC(C)CN1C(=O)CC(C(=O)O)C1c1cnn(C)c1. The van der Waals surface area contributed by atoms with Gasteiger partial charge in [0.25, 0.3) is 0 Å². The Balaban J connectivity index is 2.35. The summed E-state index contributed by atoms with van der Waals surface area (Å²) in [5.74, 6) is -1.39. The minimum absolute atomic E-state index is 0.0710.